The second-order valence-electron chi connectivity index (χ2n) is 4.25. The Labute approximate surface area is 113 Å². The summed E-state index contributed by atoms with van der Waals surface area (Å²) >= 11 is 0. The fourth-order valence-electron chi connectivity index (χ4n) is 1.69. The molecule has 3 heteroatoms. The molecule has 0 bridgehead atoms. The predicted octanol–water partition coefficient (Wildman–Crippen LogP) is 3.56. The van der Waals surface area contributed by atoms with Crippen molar-refractivity contribution < 1.29 is 14.2 Å². The van der Waals surface area contributed by atoms with Crippen molar-refractivity contribution in [2.75, 3.05) is 13.9 Å². The molecule has 0 N–H and O–H groups in total. The van der Waals surface area contributed by atoms with Crippen LogP contribution in [0.5, 0.6) is 11.5 Å². The van der Waals surface area contributed by atoms with E-state index >= 15 is 0 Å². The van der Waals surface area contributed by atoms with Crippen molar-refractivity contribution in [1.82, 2.24) is 0 Å². The van der Waals surface area contributed by atoms with Crippen molar-refractivity contribution in [3.8, 4) is 11.5 Å². The summed E-state index contributed by atoms with van der Waals surface area (Å²) in [6.45, 7) is 2.80. The molecule has 0 fully saturated rings. The summed E-state index contributed by atoms with van der Waals surface area (Å²) in [6.07, 6.45) is 0. The van der Waals surface area contributed by atoms with Gasteiger partial charge in [0.2, 0.25) is 0 Å². The fraction of sp³-hybridized carbons (Fsp3) is 0.250. The SMILES string of the molecule is COCOc1ccc(C)c(OCc2ccccc2)c1. The first-order valence-corrected chi connectivity index (χ1v) is 6.18. The smallest absolute Gasteiger partial charge is 0.188 e. The molecule has 0 radical (unpaired) electrons. The quantitative estimate of drug-likeness (QED) is 0.741. The van der Waals surface area contributed by atoms with Crippen LogP contribution in [0.4, 0.5) is 0 Å². The molecular formula is C16H18O3. The van der Waals surface area contributed by atoms with E-state index < -0.39 is 0 Å². The lowest BCUT2D eigenvalue weighted by atomic mass is 10.2. The van der Waals surface area contributed by atoms with Gasteiger partial charge in [-0.05, 0) is 24.1 Å². The van der Waals surface area contributed by atoms with Crippen molar-refractivity contribution in [3.05, 3.63) is 59.7 Å². The Kier molecular flexibility index (Phi) is 4.81. The van der Waals surface area contributed by atoms with Crippen LogP contribution in [0.15, 0.2) is 48.5 Å². The number of hydrogen-bond acceptors (Lipinski definition) is 3. The normalized spacial score (nSPS) is 10.2. The first-order chi connectivity index (χ1) is 9.29. The molecule has 100 valence electrons. The maximum absolute atomic E-state index is 5.82. The Morgan fingerprint density at radius 2 is 1.74 bits per heavy atom. The molecule has 0 aliphatic rings. The summed E-state index contributed by atoms with van der Waals surface area (Å²) < 4.78 is 16.1. The zero-order valence-corrected chi connectivity index (χ0v) is 11.3. The lowest BCUT2D eigenvalue weighted by molar-refractivity contribution is 0.0509. The van der Waals surface area contributed by atoms with Gasteiger partial charge in [-0.1, -0.05) is 36.4 Å². The molecule has 0 saturated heterocycles. The van der Waals surface area contributed by atoms with E-state index in [1.54, 1.807) is 7.11 Å². The Bertz CT molecular complexity index is 509. The standard InChI is InChI=1S/C16H18O3/c1-13-8-9-15(19-12-17-2)10-16(13)18-11-14-6-4-3-5-7-14/h3-10H,11-12H2,1-2H3. The molecule has 0 spiro atoms. The first kappa shape index (κ1) is 13.4. The largest absolute Gasteiger partial charge is 0.488 e. The van der Waals surface area contributed by atoms with Crippen LogP contribution in [0.25, 0.3) is 0 Å². The van der Waals surface area contributed by atoms with E-state index in [9.17, 15) is 0 Å². The van der Waals surface area contributed by atoms with Gasteiger partial charge < -0.3 is 14.2 Å². The Hall–Kier alpha value is -2.00. The molecule has 2 aromatic carbocycles. The van der Waals surface area contributed by atoms with Crippen LogP contribution in [0.3, 0.4) is 0 Å². The first-order valence-electron chi connectivity index (χ1n) is 6.18. The average Bonchev–Trinajstić information content (AvgIpc) is 2.46. The molecule has 0 amide bonds. The molecule has 0 unspecified atom stereocenters. The average molecular weight is 258 g/mol. The molecule has 2 rings (SSSR count). The van der Waals surface area contributed by atoms with Crippen molar-refractivity contribution in [2.45, 2.75) is 13.5 Å². The second kappa shape index (κ2) is 6.81. The monoisotopic (exact) mass is 258 g/mol. The van der Waals surface area contributed by atoms with Crippen molar-refractivity contribution in [3.63, 3.8) is 0 Å². The summed E-state index contributed by atoms with van der Waals surface area (Å²) in [5.74, 6) is 1.58. The number of rotatable bonds is 6. The topological polar surface area (TPSA) is 27.7 Å². The maximum Gasteiger partial charge on any atom is 0.188 e. The second-order valence-corrected chi connectivity index (χ2v) is 4.25. The van der Waals surface area contributed by atoms with Crippen LogP contribution in [-0.2, 0) is 11.3 Å². The van der Waals surface area contributed by atoms with Crippen LogP contribution in [0, 0.1) is 6.92 Å². The van der Waals surface area contributed by atoms with Gasteiger partial charge in [-0.3, -0.25) is 0 Å². The summed E-state index contributed by atoms with van der Waals surface area (Å²) in [6, 6.07) is 15.9. The predicted molar refractivity (Wildman–Crippen MR) is 74.5 cm³/mol. The number of hydrogen-bond donors (Lipinski definition) is 0. The number of benzene rings is 2. The van der Waals surface area contributed by atoms with Crippen LogP contribution in [-0.4, -0.2) is 13.9 Å². The van der Waals surface area contributed by atoms with E-state index in [1.165, 1.54) is 0 Å². The van der Waals surface area contributed by atoms with E-state index in [2.05, 4.69) is 0 Å². The minimum atomic E-state index is 0.237. The zero-order valence-electron chi connectivity index (χ0n) is 11.3. The van der Waals surface area contributed by atoms with E-state index in [0.29, 0.717) is 6.61 Å². The van der Waals surface area contributed by atoms with Crippen LogP contribution in [0.2, 0.25) is 0 Å². The van der Waals surface area contributed by atoms with E-state index in [1.807, 2.05) is 55.5 Å². The summed E-state index contributed by atoms with van der Waals surface area (Å²) in [4.78, 5) is 0. The highest BCUT2D eigenvalue weighted by Gasteiger charge is 2.03. The van der Waals surface area contributed by atoms with Crippen molar-refractivity contribution in [2.24, 2.45) is 0 Å². The van der Waals surface area contributed by atoms with Gasteiger partial charge in [0.1, 0.15) is 18.1 Å². The molecule has 19 heavy (non-hydrogen) atoms. The number of ether oxygens (including phenoxy) is 3. The van der Waals surface area contributed by atoms with Crippen LogP contribution in [0.1, 0.15) is 11.1 Å². The van der Waals surface area contributed by atoms with Gasteiger partial charge >= 0.3 is 0 Å². The molecule has 0 saturated carbocycles. The third-order valence-electron chi connectivity index (χ3n) is 2.74. The Morgan fingerprint density at radius 1 is 0.947 bits per heavy atom. The molecular weight excluding hydrogens is 240 g/mol. The van der Waals surface area contributed by atoms with Gasteiger partial charge in [-0.25, -0.2) is 0 Å². The van der Waals surface area contributed by atoms with Crippen molar-refractivity contribution >= 4 is 0 Å². The fourth-order valence-corrected chi connectivity index (χ4v) is 1.69. The zero-order chi connectivity index (χ0) is 13.5. The third kappa shape index (κ3) is 4.00. The van der Waals surface area contributed by atoms with E-state index in [0.717, 1.165) is 22.6 Å². The van der Waals surface area contributed by atoms with Crippen LogP contribution >= 0.6 is 0 Å². The van der Waals surface area contributed by atoms with Gasteiger partial charge in [0.25, 0.3) is 0 Å². The Morgan fingerprint density at radius 3 is 2.47 bits per heavy atom. The molecule has 0 atom stereocenters. The van der Waals surface area contributed by atoms with Gasteiger partial charge in [-0.15, -0.1) is 0 Å². The van der Waals surface area contributed by atoms with Gasteiger partial charge in [0.15, 0.2) is 6.79 Å². The highest BCUT2D eigenvalue weighted by Crippen LogP contribution is 2.25. The minimum Gasteiger partial charge on any atom is -0.488 e. The molecule has 0 aliphatic heterocycles. The van der Waals surface area contributed by atoms with Gasteiger partial charge in [0.05, 0.1) is 0 Å². The summed E-state index contributed by atoms with van der Waals surface area (Å²) in [5.41, 5.74) is 2.23. The van der Waals surface area contributed by atoms with E-state index in [4.69, 9.17) is 14.2 Å². The molecule has 3 nitrogen and oxygen atoms in total. The van der Waals surface area contributed by atoms with Gasteiger partial charge in [-0.2, -0.15) is 0 Å². The highest BCUT2D eigenvalue weighted by molar-refractivity contribution is 5.40. The molecule has 2 aromatic rings. The van der Waals surface area contributed by atoms with E-state index in [-0.39, 0.29) is 6.79 Å². The Balaban J connectivity index is 2.02. The third-order valence-corrected chi connectivity index (χ3v) is 2.74. The van der Waals surface area contributed by atoms with Gasteiger partial charge in [0, 0.05) is 13.2 Å². The lowest BCUT2D eigenvalue weighted by Gasteiger charge is -2.11. The minimum absolute atomic E-state index is 0.237. The maximum atomic E-state index is 5.82. The molecule has 0 aliphatic carbocycles. The molecule has 0 heterocycles. The lowest BCUT2D eigenvalue weighted by Crippen LogP contribution is -2.01. The number of aryl methyl sites for hydroxylation is 1. The van der Waals surface area contributed by atoms with Crippen molar-refractivity contribution in [1.29, 1.82) is 0 Å². The van der Waals surface area contributed by atoms with Crippen LogP contribution < -0.4 is 9.47 Å². The summed E-state index contributed by atoms with van der Waals surface area (Å²) in [5, 5.41) is 0. The summed E-state index contributed by atoms with van der Waals surface area (Å²) in [7, 11) is 1.60. The molecule has 0 aromatic heterocycles. The highest BCUT2D eigenvalue weighted by atomic mass is 16.7. The number of methoxy groups -OCH3 is 1.